The molecule has 3 aromatic rings. The molecule has 0 saturated heterocycles. The minimum absolute atomic E-state index is 0.394. The van der Waals surface area contributed by atoms with Crippen LogP contribution in [0.5, 0.6) is 0 Å². The van der Waals surface area contributed by atoms with Gasteiger partial charge in [-0.05, 0) is 36.4 Å². The van der Waals surface area contributed by atoms with Crippen molar-refractivity contribution in [3.8, 4) is 5.69 Å². The summed E-state index contributed by atoms with van der Waals surface area (Å²) in [7, 11) is 0. The van der Waals surface area contributed by atoms with Gasteiger partial charge in [0.2, 0.25) is 0 Å². The number of imidazole rings is 1. The Morgan fingerprint density at radius 2 is 1.78 bits per heavy atom. The standard InChI is InChI=1S/C14H10BrClN2/c15-10-5-7-11(8-6-10)18-13-4-2-1-3-12(13)17-14(18)9-16/h1-8H,9H2. The van der Waals surface area contributed by atoms with Gasteiger partial charge in [0.1, 0.15) is 5.82 Å². The van der Waals surface area contributed by atoms with Crippen LogP contribution in [0.15, 0.2) is 53.0 Å². The second-order valence-corrected chi connectivity index (χ2v) is 5.15. The third-order valence-electron chi connectivity index (χ3n) is 2.83. The van der Waals surface area contributed by atoms with E-state index in [1.807, 2.05) is 42.5 Å². The van der Waals surface area contributed by atoms with Gasteiger partial charge in [-0.15, -0.1) is 11.6 Å². The number of fused-ring (bicyclic) bond motifs is 1. The highest BCUT2D eigenvalue weighted by Gasteiger charge is 2.10. The molecule has 0 N–H and O–H groups in total. The quantitative estimate of drug-likeness (QED) is 0.634. The SMILES string of the molecule is ClCc1nc2ccccc2n1-c1ccc(Br)cc1. The number of hydrogen-bond acceptors (Lipinski definition) is 1. The summed E-state index contributed by atoms with van der Waals surface area (Å²) < 4.78 is 3.15. The topological polar surface area (TPSA) is 17.8 Å². The highest BCUT2D eigenvalue weighted by molar-refractivity contribution is 9.10. The lowest BCUT2D eigenvalue weighted by Gasteiger charge is -2.07. The van der Waals surface area contributed by atoms with Gasteiger partial charge in [-0.1, -0.05) is 28.1 Å². The number of halogens is 2. The maximum absolute atomic E-state index is 5.99. The van der Waals surface area contributed by atoms with Crippen molar-refractivity contribution in [1.29, 1.82) is 0 Å². The Bertz CT molecular complexity index is 689. The van der Waals surface area contributed by atoms with Crippen molar-refractivity contribution in [2.24, 2.45) is 0 Å². The van der Waals surface area contributed by atoms with Gasteiger partial charge in [0.15, 0.2) is 0 Å². The Kier molecular flexibility index (Phi) is 3.10. The van der Waals surface area contributed by atoms with Crippen molar-refractivity contribution in [2.45, 2.75) is 5.88 Å². The van der Waals surface area contributed by atoms with Gasteiger partial charge in [0, 0.05) is 10.2 Å². The zero-order valence-electron chi connectivity index (χ0n) is 9.48. The summed E-state index contributed by atoms with van der Waals surface area (Å²) in [5, 5.41) is 0. The van der Waals surface area contributed by atoms with Gasteiger partial charge in [0.05, 0.1) is 16.9 Å². The normalized spacial score (nSPS) is 11.0. The van der Waals surface area contributed by atoms with Gasteiger partial charge in [-0.2, -0.15) is 0 Å². The number of hydrogen-bond donors (Lipinski definition) is 0. The average molecular weight is 322 g/mol. The van der Waals surface area contributed by atoms with Crippen LogP contribution >= 0.6 is 27.5 Å². The minimum atomic E-state index is 0.394. The third kappa shape index (κ3) is 1.93. The molecule has 1 aromatic heterocycles. The van der Waals surface area contributed by atoms with Crippen molar-refractivity contribution in [2.75, 3.05) is 0 Å². The zero-order valence-corrected chi connectivity index (χ0v) is 11.8. The molecule has 4 heteroatoms. The molecule has 18 heavy (non-hydrogen) atoms. The summed E-state index contributed by atoms with van der Waals surface area (Å²) in [6, 6.07) is 16.2. The predicted octanol–water partition coefficient (Wildman–Crippen LogP) is 4.53. The van der Waals surface area contributed by atoms with Crippen LogP contribution in [-0.2, 0) is 5.88 Å². The fourth-order valence-corrected chi connectivity index (χ4v) is 2.49. The molecule has 1 heterocycles. The van der Waals surface area contributed by atoms with Crippen LogP contribution in [-0.4, -0.2) is 9.55 Å². The van der Waals surface area contributed by atoms with E-state index in [4.69, 9.17) is 11.6 Å². The Morgan fingerprint density at radius 1 is 1.06 bits per heavy atom. The molecule has 0 spiro atoms. The van der Waals surface area contributed by atoms with Crippen molar-refractivity contribution in [1.82, 2.24) is 9.55 Å². The molecule has 2 nitrogen and oxygen atoms in total. The first kappa shape index (κ1) is 11.8. The van der Waals surface area contributed by atoms with E-state index in [2.05, 4.69) is 31.5 Å². The molecule has 0 unspecified atom stereocenters. The van der Waals surface area contributed by atoms with E-state index < -0.39 is 0 Å². The summed E-state index contributed by atoms with van der Waals surface area (Å²) in [4.78, 5) is 4.55. The molecule has 0 bridgehead atoms. The maximum Gasteiger partial charge on any atom is 0.129 e. The van der Waals surface area contributed by atoms with Gasteiger partial charge in [-0.3, -0.25) is 4.57 Å². The van der Waals surface area contributed by atoms with Crippen LogP contribution < -0.4 is 0 Å². The van der Waals surface area contributed by atoms with E-state index in [1.54, 1.807) is 0 Å². The van der Waals surface area contributed by atoms with E-state index in [1.165, 1.54) is 0 Å². The third-order valence-corrected chi connectivity index (χ3v) is 3.60. The molecule has 0 fully saturated rings. The van der Waals surface area contributed by atoms with Crippen LogP contribution in [0, 0.1) is 0 Å². The van der Waals surface area contributed by atoms with Gasteiger partial charge in [-0.25, -0.2) is 4.98 Å². The van der Waals surface area contributed by atoms with E-state index in [0.29, 0.717) is 5.88 Å². The first-order valence-corrected chi connectivity index (χ1v) is 6.90. The van der Waals surface area contributed by atoms with Crippen molar-refractivity contribution >= 4 is 38.6 Å². The second kappa shape index (κ2) is 4.75. The molecular formula is C14H10BrClN2. The van der Waals surface area contributed by atoms with E-state index in [-0.39, 0.29) is 0 Å². The molecular weight excluding hydrogens is 312 g/mol. The molecule has 0 saturated carbocycles. The number of alkyl halides is 1. The summed E-state index contributed by atoms with van der Waals surface area (Å²) >= 11 is 9.44. The minimum Gasteiger partial charge on any atom is -0.295 e. The fraction of sp³-hybridized carbons (Fsp3) is 0.0714. The van der Waals surface area contributed by atoms with E-state index >= 15 is 0 Å². The maximum atomic E-state index is 5.99. The summed E-state index contributed by atoms with van der Waals surface area (Å²) in [5.74, 6) is 1.25. The predicted molar refractivity (Wildman–Crippen MR) is 78.3 cm³/mol. The van der Waals surface area contributed by atoms with Crippen molar-refractivity contribution in [3.05, 3.63) is 58.8 Å². The summed E-state index contributed by atoms with van der Waals surface area (Å²) in [6.07, 6.45) is 0. The smallest absolute Gasteiger partial charge is 0.129 e. The lowest BCUT2D eigenvalue weighted by molar-refractivity contribution is 0.981. The monoisotopic (exact) mass is 320 g/mol. The van der Waals surface area contributed by atoms with Crippen LogP contribution in [0.2, 0.25) is 0 Å². The fourth-order valence-electron chi connectivity index (χ4n) is 2.04. The zero-order chi connectivity index (χ0) is 12.5. The van der Waals surface area contributed by atoms with Crippen LogP contribution in [0.25, 0.3) is 16.7 Å². The largest absolute Gasteiger partial charge is 0.295 e. The molecule has 0 aliphatic rings. The van der Waals surface area contributed by atoms with E-state index in [9.17, 15) is 0 Å². The Morgan fingerprint density at radius 3 is 2.50 bits per heavy atom. The van der Waals surface area contributed by atoms with Crippen LogP contribution in [0.4, 0.5) is 0 Å². The molecule has 0 atom stereocenters. The number of rotatable bonds is 2. The molecule has 90 valence electrons. The van der Waals surface area contributed by atoms with Gasteiger partial charge in [0.25, 0.3) is 0 Å². The molecule has 3 rings (SSSR count). The van der Waals surface area contributed by atoms with Crippen molar-refractivity contribution < 1.29 is 0 Å². The van der Waals surface area contributed by atoms with Gasteiger partial charge >= 0.3 is 0 Å². The Balaban J connectivity index is 2.29. The lowest BCUT2D eigenvalue weighted by Crippen LogP contribution is -1.98. The van der Waals surface area contributed by atoms with E-state index in [0.717, 1.165) is 27.0 Å². The number of nitrogens with zero attached hydrogens (tertiary/aromatic N) is 2. The van der Waals surface area contributed by atoms with Gasteiger partial charge < -0.3 is 0 Å². The first-order chi connectivity index (χ1) is 8.79. The Hall–Kier alpha value is -1.32. The molecule has 0 amide bonds. The highest BCUT2D eigenvalue weighted by atomic mass is 79.9. The number of para-hydroxylation sites is 2. The Labute approximate surface area is 118 Å². The molecule has 2 aromatic carbocycles. The first-order valence-electron chi connectivity index (χ1n) is 5.58. The van der Waals surface area contributed by atoms with Crippen LogP contribution in [0.1, 0.15) is 5.82 Å². The number of aromatic nitrogens is 2. The summed E-state index contributed by atoms with van der Waals surface area (Å²) in [6.45, 7) is 0. The molecule has 0 aliphatic heterocycles. The molecule has 0 aliphatic carbocycles. The average Bonchev–Trinajstić information content (AvgIpc) is 2.78. The number of benzene rings is 2. The molecule has 0 radical (unpaired) electrons. The van der Waals surface area contributed by atoms with Crippen molar-refractivity contribution in [3.63, 3.8) is 0 Å². The second-order valence-electron chi connectivity index (χ2n) is 3.96. The summed E-state index contributed by atoms with van der Waals surface area (Å²) in [5.41, 5.74) is 3.12. The van der Waals surface area contributed by atoms with Crippen LogP contribution in [0.3, 0.4) is 0 Å². The lowest BCUT2D eigenvalue weighted by atomic mass is 10.3. The highest BCUT2D eigenvalue weighted by Crippen LogP contribution is 2.23.